The van der Waals surface area contributed by atoms with Crippen molar-refractivity contribution in [1.29, 1.82) is 0 Å². The van der Waals surface area contributed by atoms with Crippen LogP contribution in [0.1, 0.15) is 18.6 Å². The van der Waals surface area contributed by atoms with Gasteiger partial charge in [0, 0.05) is 0 Å². The van der Waals surface area contributed by atoms with E-state index in [1.807, 2.05) is 0 Å². The van der Waals surface area contributed by atoms with E-state index in [9.17, 15) is 8.78 Å². The van der Waals surface area contributed by atoms with Crippen molar-refractivity contribution in [1.82, 2.24) is 0 Å². The van der Waals surface area contributed by atoms with Crippen LogP contribution in [0.3, 0.4) is 0 Å². The first-order chi connectivity index (χ1) is 7.16. The summed E-state index contributed by atoms with van der Waals surface area (Å²) in [5.41, 5.74) is 0.634. The predicted molar refractivity (Wildman–Crippen MR) is 50.5 cm³/mol. The van der Waals surface area contributed by atoms with Crippen LogP contribution in [0.15, 0.2) is 18.2 Å². The van der Waals surface area contributed by atoms with E-state index in [0.29, 0.717) is 12.2 Å². The van der Waals surface area contributed by atoms with Gasteiger partial charge < -0.3 is 9.47 Å². The molecule has 1 heterocycles. The molecule has 0 unspecified atom stereocenters. The lowest BCUT2D eigenvalue weighted by Crippen LogP contribution is -2.06. The number of hydrogen-bond acceptors (Lipinski definition) is 2. The van der Waals surface area contributed by atoms with Crippen LogP contribution in [0.2, 0.25) is 0 Å². The topological polar surface area (TPSA) is 21.8 Å². The van der Waals surface area contributed by atoms with E-state index in [-0.39, 0.29) is 12.2 Å². The molecule has 0 amide bonds. The minimum absolute atomic E-state index is 0.178. The second-order valence-electron chi connectivity index (χ2n) is 3.60. The van der Waals surface area contributed by atoms with Gasteiger partial charge in [-0.15, -0.1) is 0 Å². The molecule has 0 aromatic heterocycles. The molecule has 1 aliphatic rings. The van der Waals surface area contributed by atoms with Gasteiger partial charge in [0.25, 0.3) is 0 Å². The normalized spacial score (nSPS) is 21.4. The predicted octanol–water partition coefficient (Wildman–Crippen LogP) is 2.44. The van der Waals surface area contributed by atoms with Crippen LogP contribution in [0, 0.1) is 11.6 Å². The molecule has 0 N–H and O–H groups in total. The molecule has 0 saturated carbocycles. The Morgan fingerprint density at radius 1 is 1.47 bits per heavy atom. The van der Waals surface area contributed by atoms with Crippen molar-refractivity contribution < 1.29 is 18.3 Å². The molecule has 0 aliphatic carbocycles. The smallest absolute Gasteiger partial charge is 0.159 e. The molecule has 0 spiro atoms. The van der Waals surface area contributed by atoms with Gasteiger partial charge in [-0.05, 0) is 24.6 Å². The first-order valence-electron chi connectivity index (χ1n) is 4.85. The molecule has 0 bridgehead atoms. The van der Waals surface area contributed by atoms with Crippen LogP contribution in [0.25, 0.3) is 0 Å². The summed E-state index contributed by atoms with van der Waals surface area (Å²) < 4.78 is 36.0. The number of rotatable bonds is 4. The highest BCUT2D eigenvalue weighted by molar-refractivity contribution is 5.19. The number of halogens is 2. The minimum Gasteiger partial charge on any atom is -0.371 e. The van der Waals surface area contributed by atoms with E-state index in [2.05, 4.69) is 0 Å². The Morgan fingerprint density at radius 2 is 2.20 bits per heavy atom. The van der Waals surface area contributed by atoms with Crippen molar-refractivity contribution in [3.63, 3.8) is 0 Å². The molecular weight excluding hydrogens is 202 g/mol. The number of benzene rings is 1. The lowest BCUT2D eigenvalue weighted by molar-refractivity contribution is 0.0537. The highest BCUT2D eigenvalue weighted by Crippen LogP contribution is 2.21. The molecular formula is C11H12F2O2. The first-order valence-corrected chi connectivity index (χ1v) is 4.85. The first kappa shape index (κ1) is 10.5. The quantitative estimate of drug-likeness (QED) is 0.718. The molecule has 1 fully saturated rings. The van der Waals surface area contributed by atoms with E-state index in [1.165, 1.54) is 6.07 Å². The molecule has 0 radical (unpaired) electrons. The van der Waals surface area contributed by atoms with Crippen LogP contribution in [-0.2, 0) is 9.47 Å². The van der Waals surface area contributed by atoms with E-state index < -0.39 is 11.6 Å². The van der Waals surface area contributed by atoms with E-state index in [0.717, 1.165) is 18.7 Å². The maximum absolute atomic E-state index is 12.9. The second-order valence-corrected chi connectivity index (χ2v) is 3.60. The Labute approximate surface area is 86.8 Å². The number of ether oxygens (including phenoxy) is 2. The van der Waals surface area contributed by atoms with Gasteiger partial charge in [-0.3, -0.25) is 0 Å². The van der Waals surface area contributed by atoms with E-state index >= 15 is 0 Å². The van der Waals surface area contributed by atoms with Gasteiger partial charge in [-0.1, -0.05) is 6.07 Å². The molecule has 1 aromatic rings. The van der Waals surface area contributed by atoms with Gasteiger partial charge in [0.2, 0.25) is 0 Å². The van der Waals surface area contributed by atoms with Crippen LogP contribution < -0.4 is 0 Å². The zero-order valence-electron chi connectivity index (χ0n) is 8.37. The fraction of sp³-hybridized carbons (Fsp3) is 0.455. The molecule has 82 valence electrons. The Bertz CT molecular complexity index is 350. The summed E-state index contributed by atoms with van der Waals surface area (Å²) in [4.78, 5) is 0. The fourth-order valence-electron chi connectivity index (χ4n) is 1.28. The zero-order chi connectivity index (χ0) is 10.8. The average molecular weight is 214 g/mol. The summed E-state index contributed by atoms with van der Waals surface area (Å²) in [5.74, 6) is -1.68. The maximum atomic E-state index is 12.9. The van der Waals surface area contributed by atoms with Crippen molar-refractivity contribution in [2.75, 3.05) is 13.2 Å². The monoisotopic (exact) mass is 214 g/mol. The maximum Gasteiger partial charge on any atom is 0.159 e. The highest BCUT2D eigenvalue weighted by Gasteiger charge is 2.23. The summed E-state index contributed by atoms with van der Waals surface area (Å²) in [6, 6.07) is 3.79. The molecule has 1 aromatic carbocycles. The van der Waals surface area contributed by atoms with Crippen LogP contribution >= 0.6 is 0 Å². The van der Waals surface area contributed by atoms with Gasteiger partial charge in [-0.2, -0.15) is 0 Å². The average Bonchev–Trinajstić information content (AvgIpc) is 3.02. The summed E-state index contributed by atoms with van der Waals surface area (Å²) in [6.07, 6.45) is -0.0676. The zero-order valence-corrected chi connectivity index (χ0v) is 8.37. The third-order valence-electron chi connectivity index (χ3n) is 2.35. The third kappa shape index (κ3) is 2.73. The minimum atomic E-state index is -0.842. The summed E-state index contributed by atoms with van der Waals surface area (Å²) in [7, 11) is 0. The van der Waals surface area contributed by atoms with Gasteiger partial charge in [0.15, 0.2) is 11.6 Å². The fourth-order valence-corrected chi connectivity index (χ4v) is 1.28. The van der Waals surface area contributed by atoms with Crippen LogP contribution in [0.4, 0.5) is 8.78 Å². The standard InChI is InChI=1S/C11H12F2O2/c1-7(14-5-9-6-15-9)8-2-3-10(12)11(13)4-8/h2-4,7,9H,5-6H2,1H3/t7-,9+/m1/s1. The number of epoxide rings is 1. The third-order valence-corrected chi connectivity index (χ3v) is 2.35. The van der Waals surface area contributed by atoms with Crippen molar-refractivity contribution in [2.24, 2.45) is 0 Å². The molecule has 2 atom stereocenters. The molecule has 4 heteroatoms. The van der Waals surface area contributed by atoms with Gasteiger partial charge >= 0.3 is 0 Å². The number of hydrogen-bond donors (Lipinski definition) is 0. The van der Waals surface area contributed by atoms with Crippen molar-refractivity contribution in [2.45, 2.75) is 19.1 Å². The second kappa shape index (κ2) is 4.24. The molecule has 2 nitrogen and oxygen atoms in total. The van der Waals surface area contributed by atoms with Crippen molar-refractivity contribution in [3.8, 4) is 0 Å². The van der Waals surface area contributed by atoms with Gasteiger partial charge in [0.1, 0.15) is 6.10 Å². The molecule has 1 saturated heterocycles. The van der Waals surface area contributed by atoms with Crippen LogP contribution in [0.5, 0.6) is 0 Å². The van der Waals surface area contributed by atoms with Gasteiger partial charge in [-0.25, -0.2) is 8.78 Å². The summed E-state index contributed by atoms with van der Waals surface area (Å²) in [5, 5.41) is 0. The molecule has 1 aliphatic heterocycles. The van der Waals surface area contributed by atoms with Gasteiger partial charge in [0.05, 0.1) is 19.3 Å². The van der Waals surface area contributed by atoms with Crippen molar-refractivity contribution in [3.05, 3.63) is 35.4 Å². The molecule has 15 heavy (non-hydrogen) atoms. The van der Waals surface area contributed by atoms with Crippen molar-refractivity contribution >= 4 is 0 Å². The Balaban J connectivity index is 1.97. The Morgan fingerprint density at radius 3 is 2.80 bits per heavy atom. The Kier molecular flexibility index (Phi) is 2.98. The summed E-state index contributed by atoms with van der Waals surface area (Å²) in [6.45, 7) is 3.03. The van der Waals surface area contributed by atoms with Crippen LogP contribution in [-0.4, -0.2) is 19.3 Å². The SMILES string of the molecule is C[C@@H](OC[C@H]1CO1)c1ccc(F)c(F)c1. The highest BCUT2D eigenvalue weighted by atomic mass is 19.2. The Hall–Kier alpha value is -1.00. The summed E-state index contributed by atoms with van der Waals surface area (Å²) >= 11 is 0. The lowest BCUT2D eigenvalue weighted by Gasteiger charge is -2.12. The lowest BCUT2D eigenvalue weighted by atomic mass is 10.1. The largest absolute Gasteiger partial charge is 0.371 e. The van der Waals surface area contributed by atoms with E-state index in [1.54, 1.807) is 6.92 Å². The van der Waals surface area contributed by atoms with E-state index in [4.69, 9.17) is 9.47 Å². The molecule has 2 rings (SSSR count).